The highest BCUT2D eigenvalue weighted by Gasteiger charge is 2.52. The number of fused-ring (bicyclic) bond motifs is 10. The van der Waals surface area contributed by atoms with Crippen molar-refractivity contribution in [2.75, 3.05) is 4.90 Å². The quantitative estimate of drug-likeness (QED) is 0.172. The van der Waals surface area contributed by atoms with Crippen LogP contribution in [0.2, 0.25) is 0 Å². The van der Waals surface area contributed by atoms with Crippen molar-refractivity contribution in [1.29, 1.82) is 0 Å². The van der Waals surface area contributed by atoms with Crippen LogP contribution in [0.25, 0.3) is 33.0 Å². The lowest BCUT2D eigenvalue weighted by Gasteiger charge is -2.51. The van der Waals surface area contributed by atoms with Crippen molar-refractivity contribution < 1.29 is 0 Å². The number of nitrogens with zero attached hydrogens (tertiary/aromatic N) is 1. The van der Waals surface area contributed by atoms with Gasteiger partial charge in [0.25, 0.3) is 0 Å². The smallest absolute Gasteiger partial charge is 0.0730 e. The van der Waals surface area contributed by atoms with Gasteiger partial charge in [0.1, 0.15) is 0 Å². The molecule has 0 fully saturated rings. The Hall–Kier alpha value is -6.61. The van der Waals surface area contributed by atoms with Gasteiger partial charge in [0.15, 0.2) is 0 Å². The summed E-state index contributed by atoms with van der Waals surface area (Å²) in [6, 6.07) is 78.7. The molecule has 1 heterocycles. The lowest BCUT2D eigenvalue weighted by Crippen LogP contribution is -2.43. The van der Waals surface area contributed by atoms with Crippen LogP contribution in [0, 0.1) is 0 Å². The molecular formula is C56H41NS. The van der Waals surface area contributed by atoms with E-state index in [0.717, 1.165) is 17.1 Å². The molecule has 1 aliphatic carbocycles. The molecule has 58 heavy (non-hydrogen) atoms. The first-order chi connectivity index (χ1) is 28.5. The second-order valence-corrected chi connectivity index (χ2v) is 17.2. The molecular weight excluding hydrogens is 719 g/mol. The Morgan fingerprint density at radius 1 is 0.362 bits per heavy atom. The zero-order valence-corrected chi connectivity index (χ0v) is 33.4. The van der Waals surface area contributed by atoms with E-state index in [0.29, 0.717) is 0 Å². The normalized spacial score (nSPS) is 15.9. The van der Waals surface area contributed by atoms with E-state index in [-0.39, 0.29) is 5.41 Å². The van der Waals surface area contributed by atoms with E-state index in [2.05, 4.69) is 231 Å². The number of hydrogen-bond donors (Lipinski definition) is 0. The van der Waals surface area contributed by atoms with E-state index < -0.39 is 5.41 Å². The van der Waals surface area contributed by atoms with Crippen LogP contribution in [-0.4, -0.2) is 0 Å². The second kappa shape index (κ2) is 13.5. The molecule has 0 aromatic heterocycles. The maximum Gasteiger partial charge on any atom is 0.0730 e. The van der Waals surface area contributed by atoms with E-state index in [1.54, 1.807) is 0 Å². The summed E-state index contributed by atoms with van der Waals surface area (Å²) < 4.78 is 0. The highest BCUT2D eigenvalue weighted by Crippen LogP contribution is 2.63. The standard InChI is InChI=1S/C56H41NS/c1-55(2)47-21-11-12-22-48(47)56(50-35-29-42-19-9-10-20-46(42)54(50)55)49-23-13-14-24-52(49)58-53-36-34-45(37-51(53)56)57(43-30-25-40(26-31-43)38-15-5-3-6-16-38)44-32-27-41(28-33-44)39-17-7-4-8-18-39/h3-37H,1-2H3. The SMILES string of the molecule is CC1(C)c2ccccc2C2(c3ccccc3Sc3ccc(N(c4ccc(-c5ccccc5)cc4)c4ccc(-c5ccccc5)cc4)cc32)c2ccc3ccccc3c21. The summed E-state index contributed by atoms with van der Waals surface area (Å²) in [5, 5.41) is 2.60. The first kappa shape index (κ1) is 34.6. The Bertz CT molecular complexity index is 2900. The van der Waals surface area contributed by atoms with Gasteiger partial charge in [0.2, 0.25) is 0 Å². The molecule has 1 atom stereocenters. The van der Waals surface area contributed by atoms with Gasteiger partial charge in [-0.25, -0.2) is 0 Å². The molecule has 0 bridgehead atoms. The molecule has 0 saturated carbocycles. The van der Waals surface area contributed by atoms with Crippen LogP contribution in [0.5, 0.6) is 0 Å². The van der Waals surface area contributed by atoms with Crippen LogP contribution in [-0.2, 0) is 10.8 Å². The van der Waals surface area contributed by atoms with Crippen molar-refractivity contribution in [3.63, 3.8) is 0 Å². The van der Waals surface area contributed by atoms with Crippen molar-refractivity contribution in [2.24, 2.45) is 0 Å². The summed E-state index contributed by atoms with van der Waals surface area (Å²) in [6.45, 7) is 4.84. The molecule has 2 heteroatoms. The minimum Gasteiger partial charge on any atom is -0.310 e. The van der Waals surface area contributed by atoms with E-state index >= 15 is 0 Å². The maximum atomic E-state index is 2.50. The summed E-state index contributed by atoms with van der Waals surface area (Å²) in [4.78, 5) is 5.03. The molecule has 1 unspecified atom stereocenters. The van der Waals surface area contributed by atoms with Crippen LogP contribution in [0.3, 0.4) is 0 Å². The minimum atomic E-state index is -0.543. The van der Waals surface area contributed by atoms with Crippen molar-refractivity contribution >= 4 is 39.6 Å². The van der Waals surface area contributed by atoms with Gasteiger partial charge in [-0.2, -0.15) is 0 Å². The fourth-order valence-electron chi connectivity index (χ4n) is 9.96. The first-order valence-corrected chi connectivity index (χ1v) is 21.0. The molecule has 1 nitrogen and oxygen atoms in total. The minimum absolute atomic E-state index is 0.220. The highest BCUT2D eigenvalue weighted by atomic mass is 32.2. The highest BCUT2D eigenvalue weighted by molar-refractivity contribution is 7.99. The number of benzene rings is 9. The molecule has 9 aromatic rings. The number of anilines is 3. The van der Waals surface area contributed by atoms with Gasteiger partial charge in [-0.15, -0.1) is 0 Å². The summed E-state index contributed by atoms with van der Waals surface area (Å²) >= 11 is 1.90. The maximum absolute atomic E-state index is 2.50. The van der Waals surface area contributed by atoms with Crippen LogP contribution in [0.15, 0.2) is 222 Å². The summed E-state index contributed by atoms with van der Waals surface area (Å²) in [5.41, 5.74) is 15.6. The molecule has 276 valence electrons. The van der Waals surface area contributed by atoms with Crippen LogP contribution >= 0.6 is 11.8 Å². The molecule has 9 aromatic carbocycles. The predicted octanol–water partition coefficient (Wildman–Crippen LogP) is 15.1. The molecule has 1 aliphatic heterocycles. The fourth-order valence-corrected chi connectivity index (χ4v) is 11.1. The van der Waals surface area contributed by atoms with Gasteiger partial charge >= 0.3 is 0 Å². The van der Waals surface area contributed by atoms with Crippen molar-refractivity contribution in [3.05, 3.63) is 246 Å². The zero-order chi connectivity index (χ0) is 38.8. The van der Waals surface area contributed by atoms with Crippen molar-refractivity contribution in [3.8, 4) is 22.3 Å². The monoisotopic (exact) mass is 759 g/mol. The lowest BCUT2D eigenvalue weighted by molar-refractivity contribution is 0.554. The third kappa shape index (κ3) is 5.25. The summed E-state index contributed by atoms with van der Waals surface area (Å²) in [6.07, 6.45) is 0. The van der Waals surface area contributed by atoms with Crippen LogP contribution in [0.1, 0.15) is 47.2 Å². The topological polar surface area (TPSA) is 3.24 Å². The average Bonchev–Trinajstić information content (AvgIpc) is 3.29. The Labute approximate surface area is 345 Å². The zero-order valence-electron chi connectivity index (χ0n) is 32.6. The Balaban J connectivity index is 1.17. The van der Waals surface area contributed by atoms with Gasteiger partial charge in [-0.1, -0.05) is 189 Å². The lowest BCUT2D eigenvalue weighted by atomic mass is 9.53. The van der Waals surface area contributed by atoms with Gasteiger partial charge in [0, 0.05) is 32.3 Å². The second-order valence-electron chi connectivity index (χ2n) is 16.1. The summed E-state index contributed by atoms with van der Waals surface area (Å²) in [7, 11) is 0. The first-order valence-electron chi connectivity index (χ1n) is 20.2. The van der Waals surface area contributed by atoms with E-state index in [1.165, 1.54) is 76.2 Å². The van der Waals surface area contributed by atoms with Gasteiger partial charge in [-0.05, 0) is 115 Å². The molecule has 0 amide bonds. The van der Waals surface area contributed by atoms with Crippen molar-refractivity contribution in [1.82, 2.24) is 0 Å². The third-order valence-electron chi connectivity index (χ3n) is 12.6. The number of rotatable bonds is 5. The molecule has 11 rings (SSSR count). The molecule has 2 aliphatic rings. The van der Waals surface area contributed by atoms with Gasteiger partial charge in [0.05, 0.1) is 5.41 Å². The molecule has 0 radical (unpaired) electrons. The van der Waals surface area contributed by atoms with Crippen LogP contribution in [0.4, 0.5) is 17.1 Å². The van der Waals surface area contributed by atoms with E-state index in [4.69, 9.17) is 0 Å². The summed E-state index contributed by atoms with van der Waals surface area (Å²) in [5.74, 6) is 0. The Morgan fingerprint density at radius 2 is 0.862 bits per heavy atom. The van der Waals surface area contributed by atoms with E-state index in [9.17, 15) is 0 Å². The van der Waals surface area contributed by atoms with Gasteiger partial charge in [-0.3, -0.25) is 0 Å². The van der Waals surface area contributed by atoms with Crippen molar-refractivity contribution in [2.45, 2.75) is 34.5 Å². The average molecular weight is 760 g/mol. The Morgan fingerprint density at radius 3 is 1.52 bits per heavy atom. The molecule has 0 saturated heterocycles. The predicted molar refractivity (Wildman–Crippen MR) is 244 cm³/mol. The largest absolute Gasteiger partial charge is 0.310 e. The Kier molecular flexibility index (Phi) is 8.06. The number of hydrogen-bond acceptors (Lipinski definition) is 2. The molecule has 0 N–H and O–H groups in total. The van der Waals surface area contributed by atoms with Gasteiger partial charge < -0.3 is 4.90 Å². The third-order valence-corrected chi connectivity index (χ3v) is 13.7. The fraction of sp³-hybridized carbons (Fsp3) is 0.0714. The molecule has 1 spiro atoms. The van der Waals surface area contributed by atoms with E-state index in [1.807, 2.05) is 11.8 Å². The van der Waals surface area contributed by atoms with Crippen LogP contribution < -0.4 is 4.90 Å².